The van der Waals surface area contributed by atoms with E-state index >= 15 is 0 Å². The number of hydrogen-bond acceptors (Lipinski definition) is 6. The van der Waals surface area contributed by atoms with Gasteiger partial charge in [0.1, 0.15) is 0 Å². The van der Waals surface area contributed by atoms with Crippen LogP contribution in [0.2, 0.25) is 0 Å². The standard InChI is InChI=1S/C9H11NO2.C5H9NO2.Cu.2H2O/c10-8(9(11)12)6-7-4-2-1-3-5-7;7-5(8)4-2-1-3-6-4;;;/h1-5,8H,6,10H2,(H,11,12);4,6H,1-3H2,(H,7,8);;2*1H2/q;;+2;;/p-2/t8-;4-;;;/m00.../s1. The maximum absolute atomic E-state index is 10.3. The molecule has 0 saturated carbocycles. The van der Waals surface area contributed by atoms with Gasteiger partial charge in [-0.3, -0.25) is 0 Å². The van der Waals surface area contributed by atoms with Crippen molar-refractivity contribution in [2.45, 2.75) is 31.3 Å². The summed E-state index contributed by atoms with van der Waals surface area (Å²) < 4.78 is 0. The van der Waals surface area contributed by atoms with E-state index in [4.69, 9.17) is 5.73 Å². The van der Waals surface area contributed by atoms with E-state index in [9.17, 15) is 19.8 Å². The monoisotopic (exact) mass is 377 g/mol. The zero-order valence-corrected chi connectivity index (χ0v) is 13.3. The predicted molar refractivity (Wildman–Crippen MR) is 76.4 cm³/mol. The van der Waals surface area contributed by atoms with Crippen molar-refractivity contribution in [2.75, 3.05) is 6.54 Å². The molecule has 1 aromatic carbocycles. The van der Waals surface area contributed by atoms with Gasteiger partial charge in [-0.25, -0.2) is 0 Å². The Morgan fingerprint density at radius 1 is 1.22 bits per heavy atom. The Labute approximate surface area is 145 Å². The van der Waals surface area contributed by atoms with Crippen LogP contribution >= 0.6 is 0 Å². The Balaban J connectivity index is -0.000000325. The van der Waals surface area contributed by atoms with E-state index in [0.717, 1.165) is 24.9 Å². The van der Waals surface area contributed by atoms with Gasteiger partial charge in [0.25, 0.3) is 0 Å². The molecule has 1 saturated heterocycles. The molecule has 1 aliphatic heterocycles. The Kier molecular flexibility index (Phi) is 16.2. The first-order valence-electron chi connectivity index (χ1n) is 6.45. The third-order valence-electron chi connectivity index (χ3n) is 2.95. The summed E-state index contributed by atoms with van der Waals surface area (Å²) in [6.45, 7) is 0.818. The van der Waals surface area contributed by atoms with E-state index in [1.807, 2.05) is 30.3 Å². The molecule has 0 aromatic heterocycles. The minimum atomic E-state index is -1.21. The molecule has 1 aliphatic rings. The van der Waals surface area contributed by atoms with Crippen molar-refractivity contribution in [3.05, 3.63) is 35.9 Å². The maximum atomic E-state index is 10.3. The summed E-state index contributed by atoms with van der Waals surface area (Å²) in [5.74, 6) is -2.18. The maximum Gasteiger partial charge on any atom is 2.00 e. The number of carboxylic acids is 2. The number of hydrogen-bond donors (Lipinski definition) is 2. The van der Waals surface area contributed by atoms with Crippen LogP contribution in [0.25, 0.3) is 0 Å². The van der Waals surface area contributed by atoms with E-state index < -0.39 is 18.0 Å². The van der Waals surface area contributed by atoms with Crippen molar-refractivity contribution >= 4 is 11.9 Å². The van der Waals surface area contributed by atoms with E-state index in [2.05, 4.69) is 5.32 Å². The van der Waals surface area contributed by atoms with Gasteiger partial charge in [0.05, 0.1) is 11.9 Å². The van der Waals surface area contributed by atoms with Gasteiger partial charge >= 0.3 is 17.1 Å². The summed E-state index contributed by atoms with van der Waals surface area (Å²) >= 11 is 0. The van der Waals surface area contributed by atoms with Crippen LogP contribution in [0.4, 0.5) is 0 Å². The van der Waals surface area contributed by atoms with Crippen LogP contribution in [0.1, 0.15) is 18.4 Å². The molecule has 2 rings (SSSR count). The summed E-state index contributed by atoms with van der Waals surface area (Å²) in [5.41, 5.74) is 6.20. The first kappa shape index (κ1) is 26.4. The van der Waals surface area contributed by atoms with Crippen molar-refractivity contribution in [2.24, 2.45) is 5.73 Å². The first-order valence-corrected chi connectivity index (χ1v) is 6.45. The Bertz CT molecular complexity index is 440. The molecule has 9 heteroatoms. The molecule has 8 nitrogen and oxygen atoms in total. The zero-order valence-electron chi connectivity index (χ0n) is 12.4. The van der Waals surface area contributed by atoms with E-state index in [-0.39, 0.29) is 34.1 Å². The average molecular weight is 378 g/mol. The van der Waals surface area contributed by atoms with Crippen molar-refractivity contribution < 1.29 is 47.8 Å². The van der Waals surface area contributed by atoms with Crippen LogP contribution in [0.15, 0.2) is 30.3 Å². The van der Waals surface area contributed by atoms with Gasteiger partial charge in [-0.1, -0.05) is 30.3 Å². The molecule has 7 N–H and O–H groups in total. The molecule has 0 unspecified atom stereocenters. The summed E-state index contributed by atoms with van der Waals surface area (Å²) in [5, 5.41) is 23.1. The second kappa shape index (κ2) is 14.1. The fourth-order valence-corrected chi connectivity index (χ4v) is 1.84. The van der Waals surface area contributed by atoms with Crippen molar-refractivity contribution in [3.8, 4) is 0 Å². The third-order valence-corrected chi connectivity index (χ3v) is 2.95. The molecule has 0 bridgehead atoms. The quantitative estimate of drug-likeness (QED) is 0.506. The zero-order chi connectivity index (χ0) is 15.0. The van der Waals surface area contributed by atoms with Crippen LogP contribution in [-0.4, -0.2) is 41.5 Å². The molecule has 0 spiro atoms. The fraction of sp³-hybridized carbons (Fsp3) is 0.429. The number of carbonyl (C=O) groups is 2. The Hall–Kier alpha value is -1.48. The molecule has 1 radical (unpaired) electrons. The smallest absolute Gasteiger partial charge is 0.548 e. The van der Waals surface area contributed by atoms with Crippen LogP contribution in [0.5, 0.6) is 0 Å². The molecule has 23 heavy (non-hydrogen) atoms. The van der Waals surface area contributed by atoms with Crippen molar-refractivity contribution in [3.63, 3.8) is 0 Å². The summed E-state index contributed by atoms with van der Waals surface area (Å²) in [6.07, 6.45) is 2.00. The fourth-order valence-electron chi connectivity index (χ4n) is 1.84. The van der Waals surface area contributed by atoms with Gasteiger partial charge in [-0.15, -0.1) is 0 Å². The van der Waals surface area contributed by atoms with Gasteiger partial charge < -0.3 is 41.8 Å². The number of nitrogens with two attached hydrogens (primary N) is 1. The number of aliphatic carboxylic acids is 2. The molecule has 1 aromatic rings. The molecule has 1 heterocycles. The normalized spacial score (nSPS) is 16.3. The minimum absolute atomic E-state index is 0. The second-order valence-electron chi connectivity index (χ2n) is 4.58. The molecular formula is C14H22CuN2O6. The third kappa shape index (κ3) is 10.8. The molecule has 0 amide bonds. The van der Waals surface area contributed by atoms with Crippen LogP contribution < -0.4 is 21.3 Å². The van der Waals surface area contributed by atoms with Gasteiger partial charge in [0.2, 0.25) is 0 Å². The second-order valence-corrected chi connectivity index (χ2v) is 4.58. The van der Waals surface area contributed by atoms with Crippen LogP contribution in [-0.2, 0) is 33.1 Å². The first-order chi connectivity index (χ1) is 9.50. The molecule has 0 aliphatic carbocycles. The van der Waals surface area contributed by atoms with Gasteiger partial charge in [-0.05, 0) is 31.4 Å². The van der Waals surface area contributed by atoms with E-state index in [1.165, 1.54) is 0 Å². The molecular weight excluding hydrogens is 356 g/mol. The van der Waals surface area contributed by atoms with E-state index in [0.29, 0.717) is 6.42 Å². The largest absolute Gasteiger partial charge is 2.00 e. The summed E-state index contributed by atoms with van der Waals surface area (Å²) in [4.78, 5) is 20.3. The summed E-state index contributed by atoms with van der Waals surface area (Å²) in [7, 11) is 0. The summed E-state index contributed by atoms with van der Waals surface area (Å²) in [6, 6.07) is 7.94. The van der Waals surface area contributed by atoms with Gasteiger partial charge in [0.15, 0.2) is 0 Å². The Morgan fingerprint density at radius 2 is 1.78 bits per heavy atom. The van der Waals surface area contributed by atoms with Crippen LogP contribution in [0.3, 0.4) is 0 Å². The molecule has 1 fully saturated rings. The van der Waals surface area contributed by atoms with Crippen LogP contribution in [0, 0.1) is 0 Å². The predicted octanol–water partition coefficient (Wildman–Crippen LogP) is -3.86. The number of nitrogens with one attached hydrogen (secondary N) is 1. The van der Waals surface area contributed by atoms with Crippen molar-refractivity contribution in [1.82, 2.24) is 5.32 Å². The number of carbonyl (C=O) groups excluding carboxylic acids is 2. The molecule has 2 atom stereocenters. The number of rotatable bonds is 4. The van der Waals surface area contributed by atoms with Gasteiger partial charge in [0, 0.05) is 12.1 Å². The minimum Gasteiger partial charge on any atom is -0.548 e. The van der Waals surface area contributed by atoms with Crippen molar-refractivity contribution in [1.29, 1.82) is 0 Å². The van der Waals surface area contributed by atoms with E-state index in [1.54, 1.807) is 0 Å². The Morgan fingerprint density at radius 3 is 2.13 bits per heavy atom. The average Bonchev–Trinajstić information content (AvgIpc) is 2.94. The topological polar surface area (TPSA) is 181 Å². The number of carboxylic acid groups (broad SMARTS) is 2. The number of benzene rings is 1. The SMILES string of the molecule is N[C@@H](Cc1ccccc1)C(=O)[O-].O.O.O=C([O-])[C@@H]1CCCN1.[Cu+2]. The van der Waals surface area contributed by atoms with Gasteiger partial charge in [-0.2, -0.15) is 0 Å². The molecule has 135 valence electrons.